The minimum absolute atomic E-state index is 0.162. The van der Waals surface area contributed by atoms with Crippen LogP contribution in [0.15, 0.2) is 53.6 Å². The molecular weight excluding hydrogens is 338 g/mol. The van der Waals surface area contributed by atoms with Crippen LogP contribution in [0.2, 0.25) is 5.02 Å². The van der Waals surface area contributed by atoms with Crippen LogP contribution < -0.4 is 4.74 Å². The number of halogens is 1. The number of hydrogen-bond acceptors (Lipinski definition) is 4. The number of rotatable bonds is 3. The molecule has 1 aromatic heterocycles. The van der Waals surface area contributed by atoms with Crippen LogP contribution in [0.3, 0.4) is 0 Å². The van der Waals surface area contributed by atoms with Crippen molar-refractivity contribution in [3.8, 4) is 17.0 Å². The van der Waals surface area contributed by atoms with E-state index in [-0.39, 0.29) is 4.90 Å². The highest BCUT2D eigenvalue weighted by Gasteiger charge is 2.14. The molecule has 23 heavy (non-hydrogen) atoms. The lowest BCUT2D eigenvalue weighted by molar-refractivity contribution is 0.416. The van der Waals surface area contributed by atoms with Gasteiger partial charge in [-0.05, 0) is 41.8 Å². The number of benzene rings is 2. The molecule has 0 spiro atoms. The van der Waals surface area contributed by atoms with Gasteiger partial charge < -0.3 is 4.74 Å². The summed E-state index contributed by atoms with van der Waals surface area (Å²) < 4.78 is 37.1. The van der Waals surface area contributed by atoms with Gasteiger partial charge in [0.25, 0.3) is 10.1 Å². The van der Waals surface area contributed by atoms with E-state index < -0.39 is 10.1 Å². The zero-order valence-electron chi connectivity index (χ0n) is 12.0. The summed E-state index contributed by atoms with van der Waals surface area (Å²) in [5.74, 6) is 0.566. The molecular formula is C16H12ClNO4S. The Morgan fingerprint density at radius 2 is 1.91 bits per heavy atom. The Bertz CT molecular complexity index is 1000. The van der Waals surface area contributed by atoms with Crippen molar-refractivity contribution < 1.29 is 17.7 Å². The number of ether oxygens (including phenoxy) is 1. The van der Waals surface area contributed by atoms with E-state index in [0.29, 0.717) is 21.9 Å². The monoisotopic (exact) mass is 349 g/mol. The van der Waals surface area contributed by atoms with Crippen molar-refractivity contribution in [1.29, 1.82) is 0 Å². The molecule has 0 radical (unpaired) electrons. The fourth-order valence-electron chi connectivity index (χ4n) is 2.39. The summed E-state index contributed by atoms with van der Waals surface area (Å²) in [5, 5.41) is 1.92. The van der Waals surface area contributed by atoms with Gasteiger partial charge in [-0.15, -0.1) is 0 Å². The summed E-state index contributed by atoms with van der Waals surface area (Å²) in [5.41, 5.74) is 1.38. The van der Waals surface area contributed by atoms with Crippen LogP contribution >= 0.6 is 11.6 Å². The van der Waals surface area contributed by atoms with Crippen molar-refractivity contribution >= 4 is 32.5 Å². The maximum Gasteiger partial charge on any atom is 0.294 e. The van der Waals surface area contributed by atoms with Crippen molar-refractivity contribution in [3.63, 3.8) is 0 Å². The van der Waals surface area contributed by atoms with E-state index in [4.69, 9.17) is 20.9 Å². The molecule has 3 aromatic rings. The van der Waals surface area contributed by atoms with Crippen LogP contribution in [-0.2, 0) is 10.1 Å². The van der Waals surface area contributed by atoms with Gasteiger partial charge in [0.1, 0.15) is 5.75 Å². The number of fused-ring (bicyclic) bond motifs is 1. The van der Waals surface area contributed by atoms with Gasteiger partial charge in [-0.25, -0.2) is 0 Å². The molecule has 0 fully saturated rings. The summed E-state index contributed by atoms with van der Waals surface area (Å²) in [6, 6.07) is 11.2. The Labute approximate surface area is 138 Å². The van der Waals surface area contributed by atoms with E-state index in [1.807, 2.05) is 0 Å². The number of nitrogens with zero attached hydrogens (tertiary/aromatic N) is 1. The lowest BCUT2D eigenvalue weighted by Gasteiger charge is -2.11. The fourth-order valence-corrected chi connectivity index (χ4v) is 3.07. The second-order valence-electron chi connectivity index (χ2n) is 4.86. The predicted molar refractivity (Wildman–Crippen MR) is 88.6 cm³/mol. The smallest absolute Gasteiger partial charge is 0.294 e. The SMILES string of the molecule is COc1cc(Cl)ccc1-c1nccc2cc(S(=O)(=O)O)ccc12. The van der Waals surface area contributed by atoms with E-state index in [1.165, 1.54) is 19.2 Å². The largest absolute Gasteiger partial charge is 0.496 e. The highest BCUT2D eigenvalue weighted by Crippen LogP contribution is 2.35. The van der Waals surface area contributed by atoms with Crippen LogP contribution in [0, 0.1) is 0 Å². The van der Waals surface area contributed by atoms with Crippen molar-refractivity contribution in [2.45, 2.75) is 4.90 Å². The molecule has 0 amide bonds. The standard InChI is InChI=1S/C16H12ClNO4S/c1-22-15-9-11(17)2-4-14(15)16-13-5-3-12(23(19,20)21)8-10(13)6-7-18-16/h2-9H,1H3,(H,19,20,21). The van der Waals surface area contributed by atoms with Gasteiger partial charge in [0.2, 0.25) is 0 Å². The summed E-state index contributed by atoms with van der Waals surface area (Å²) in [6.07, 6.45) is 1.57. The van der Waals surface area contributed by atoms with Crippen molar-refractivity contribution in [3.05, 3.63) is 53.7 Å². The van der Waals surface area contributed by atoms with Gasteiger partial charge in [0, 0.05) is 22.2 Å². The molecule has 2 aromatic carbocycles. The van der Waals surface area contributed by atoms with Crippen LogP contribution in [0.4, 0.5) is 0 Å². The molecule has 0 saturated heterocycles. The summed E-state index contributed by atoms with van der Waals surface area (Å²) in [7, 11) is -2.71. The first-order valence-electron chi connectivity index (χ1n) is 6.60. The van der Waals surface area contributed by atoms with Gasteiger partial charge in [0.05, 0.1) is 17.7 Å². The fraction of sp³-hybridized carbons (Fsp3) is 0.0625. The minimum Gasteiger partial charge on any atom is -0.496 e. The molecule has 0 unspecified atom stereocenters. The molecule has 0 aliphatic heterocycles. The number of pyridine rings is 1. The summed E-state index contributed by atoms with van der Waals surface area (Å²) >= 11 is 5.98. The van der Waals surface area contributed by atoms with Crippen LogP contribution in [0.1, 0.15) is 0 Å². The minimum atomic E-state index is -4.25. The van der Waals surface area contributed by atoms with Gasteiger partial charge >= 0.3 is 0 Å². The normalized spacial score (nSPS) is 11.6. The highest BCUT2D eigenvalue weighted by molar-refractivity contribution is 7.85. The van der Waals surface area contributed by atoms with E-state index in [1.54, 1.807) is 36.5 Å². The molecule has 3 rings (SSSR count). The maximum absolute atomic E-state index is 11.3. The number of hydrogen-bond donors (Lipinski definition) is 1. The average molecular weight is 350 g/mol. The number of aromatic nitrogens is 1. The second-order valence-corrected chi connectivity index (χ2v) is 6.72. The first kappa shape index (κ1) is 15.7. The molecule has 7 heteroatoms. The van der Waals surface area contributed by atoms with Crippen molar-refractivity contribution in [2.75, 3.05) is 7.11 Å². The quantitative estimate of drug-likeness (QED) is 0.727. The summed E-state index contributed by atoms with van der Waals surface area (Å²) in [4.78, 5) is 4.21. The maximum atomic E-state index is 11.3. The highest BCUT2D eigenvalue weighted by atomic mass is 35.5. The zero-order chi connectivity index (χ0) is 16.6. The topological polar surface area (TPSA) is 76.5 Å². The third kappa shape index (κ3) is 3.01. The molecule has 118 valence electrons. The molecule has 1 heterocycles. The van der Waals surface area contributed by atoms with Crippen molar-refractivity contribution in [2.24, 2.45) is 0 Å². The van der Waals surface area contributed by atoms with Crippen molar-refractivity contribution in [1.82, 2.24) is 4.98 Å². The number of methoxy groups -OCH3 is 1. The molecule has 0 aliphatic rings. The Hall–Kier alpha value is -2.15. The van der Waals surface area contributed by atoms with E-state index >= 15 is 0 Å². The molecule has 5 nitrogen and oxygen atoms in total. The van der Waals surface area contributed by atoms with Crippen LogP contribution in [0.5, 0.6) is 5.75 Å². The second kappa shape index (κ2) is 5.81. The first-order valence-corrected chi connectivity index (χ1v) is 8.42. The molecule has 0 saturated carbocycles. The Balaban J connectivity index is 2.27. The van der Waals surface area contributed by atoms with Gasteiger partial charge in [-0.3, -0.25) is 9.54 Å². The van der Waals surface area contributed by atoms with E-state index in [9.17, 15) is 8.42 Å². The van der Waals surface area contributed by atoms with E-state index in [2.05, 4.69) is 4.98 Å². The lowest BCUT2D eigenvalue weighted by atomic mass is 10.0. The molecule has 0 aliphatic carbocycles. The third-order valence-corrected chi connectivity index (χ3v) is 4.54. The van der Waals surface area contributed by atoms with E-state index in [0.717, 1.165) is 10.9 Å². The Morgan fingerprint density at radius 1 is 1.13 bits per heavy atom. The average Bonchev–Trinajstić information content (AvgIpc) is 2.53. The Morgan fingerprint density at radius 3 is 2.61 bits per heavy atom. The van der Waals surface area contributed by atoms with Crippen LogP contribution in [-0.4, -0.2) is 25.1 Å². The molecule has 0 atom stereocenters. The Kier molecular flexibility index (Phi) is 3.97. The van der Waals surface area contributed by atoms with Crippen LogP contribution in [0.25, 0.3) is 22.0 Å². The zero-order valence-corrected chi connectivity index (χ0v) is 13.6. The van der Waals surface area contributed by atoms with Gasteiger partial charge in [0.15, 0.2) is 0 Å². The molecule has 1 N–H and O–H groups in total. The predicted octanol–water partition coefficient (Wildman–Crippen LogP) is 3.81. The summed E-state index contributed by atoms with van der Waals surface area (Å²) in [6.45, 7) is 0. The van der Waals surface area contributed by atoms with Gasteiger partial charge in [-0.2, -0.15) is 8.42 Å². The third-order valence-electron chi connectivity index (χ3n) is 3.45. The van der Waals surface area contributed by atoms with Gasteiger partial charge in [-0.1, -0.05) is 17.7 Å². The molecule has 0 bridgehead atoms. The first-order chi connectivity index (χ1) is 10.9. The lowest BCUT2D eigenvalue weighted by Crippen LogP contribution is -1.98.